The first-order chi connectivity index (χ1) is 56.6. The zero-order chi connectivity index (χ0) is 84.3. The molecule has 10 aromatic carbocycles. The number of aromatic nitrogens is 2. The molecule has 0 radical (unpaired) electrons. The summed E-state index contributed by atoms with van der Waals surface area (Å²) < 4.78 is 0. The molecule has 0 N–H and O–H groups in total. The molecule has 118 heavy (non-hydrogen) atoms. The first kappa shape index (κ1) is 89.1. The van der Waals surface area contributed by atoms with Gasteiger partial charge in [0.05, 0.1) is 68.4 Å². The number of hydrogen-bond acceptors (Lipinski definition) is 6. The third kappa shape index (κ3) is 23.0. The first-order valence-corrected chi connectivity index (χ1v) is 46.2. The molecule has 2 aromatic heterocycles. The van der Waals surface area contributed by atoms with Crippen molar-refractivity contribution in [2.24, 2.45) is 20.0 Å². The minimum atomic E-state index is 0.0625. The maximum atomic E-state index is 5.55. The summed E-state index contributed by atoms with van der Waals surface area (Å²) in [6, 6.07) is 104. The molecule has 0 saturated carbocycles. The Hall–Kier alpha value is -9.66. The average molecular weight is 1720 g/mol. The van der Waals surface area contributed by atoms with E-state index < -0.39 is 0 Å². The normalized spacial score (nSPS) is 14.9. The molecule has 2 atom stereocenters. The van der Waals surface area contributed by atoms with Crippen LogP contribution in [0.2, 0.25) is 0 Å². The Morgan fingerprint density at radius 1 is 0.280 bits per heavy atom. The molecule has 0 saturated heterocycles. The standard InChI is InChI=1S/C61H69N3.C45H37N3.4ClH.2Fe/c1-40(62-56-50(42-24-32-46(33-25-42)58(3,4)5)18-15-19-51(56)43-26-34-47(35-27-43)59(6,7)8)54-22-17-23-55(64-54)41(2)63-57-52(44-28-36-48(37-29-44)60(9,10)11)20-16-21-53(57)45-30-38-49(39-31-45)61(12,13)14;1-32(46-44-38(34-18-7-3-8-19-34)26-15-27-39(44)35-20-9-4-10-21-35)42-30-17-31-43(48-42)33(2)47-45-40(36-22-11-5-12-23-36)28-16-29-41(45)37-24-13-6-14-25-37;;;;;;/h15-20,22-39,53H,21H2,1-14H3;3-28,30-31,41H,29H2,1-2H3;4*1H;;/q;;;;;;2*+2/p-4. The molecule has 2 aliphatic carbocycles. The Morgan fingerprint density at radius 3 is 0.822 bits per heavy atom. The number of hydrogen-bond donors (Lipinski definition) is 0. The van der Waals surface area contributed by atoms with Crippen LogP contribution in [-0.2, 0) is 47.9 Å². The fourth-order valence-electron chi connectivity index (χ4n) is 14.8. The molecule has 12 heteroatoms. The van der Waals surface area contributed by atoms with Crippen molar-refractivity contribution in [2.45, 2.75) is 157 Å². The molecule has 0 amide bonds. The second-order valence-corrected chi connectivity index (χ2v) is 37.6. The summed E-state index contributed by atoms with van der Waals surface area (Å²) in [5.74, 6) is 0.251. The van der Waals surface area contributed by atoms with Crippen LogP contribution in [0.15, 0.2) is 347 Å². The van der Waals surface area contributed by atoms with E-state index in [-0.39, 0.29) is 59.8 Å². The van der Waals surface area contributed by atoms with Crippen LogP contribution in [0.5, 0.6) is 0 Å². The predicted molar refractivity (Wildman–Crippen MR) is 502 cm³/mol. The molecule has 0 spiro atoms. The number of pyridine rings is 2. The van der Waals surface area contributed by atoms with Crippen LogP contribution in [0.25, 0.3) is 55.7 Å². The van der Waals surface area contributed by atoms with Crippen molar-refractivity contribution >= 4 is 85.8 Å². The van der Waals surface area contributed by atoms with Gasteiger partial charge < -0.3 is 0 Å². The van der Waals surface area contributed by atoms with Gasteiger partial charge in [0.15, 0.2) is 0 Å². The van der Waals surface area contributed by atoms with Gasteiger partial charge in [-0.15, -0.1) is 0 Å². The maximum absolute atomic E-state index is 5.55. The number of allylic oxidation sites excluding steroid dienone is 8. The number of nitrogens with zero attached hydrogens (tertiary/aromatic N) is 6. The molecule has 12 aromatic rings. The number of halogens is 4. The van der Waals surface area contributed by atoms with Crippen LogP contribution in [-0.4, -0.2) is 32.8 Å². The van der Waals surface area contributed by atoms with Gasteiger partial charge in [0.25, 0.3) is 0 Å². The topological polar surface area (TPSA) is 75.2 Å². The zero-order valence-electron chi connectivity index (χ0n) is 70.5. The van der Waals surface area contributed by atoms with Gasteiger partial charge in [0.1, 0.15) is 0 Å². The number of rotatable bonds is 16. The van der Waals surface area contributed by atoms with Crippen molar-refractivity contribution in [2.75, 3.05) is 0 Å². The monoisotopic (exact) mass is 1710 g/mol. The van der Waals surface area contributed by atoms with Crippen molar-refractivity contribution in [3.8, 4) is 44.5 Å². The third-order valence-corrected chi connectivity index (χ3v) is 21.5. The van der Waals surface area contributed by atoms with Crippen LogP contribution in [0.4, 0.5) is 11.4 Å². The fraction of sp³-hybridized carbons (Fsp3) is 0.226. The van der Waals surface area contributed by atoms with Crippen LogP contribution in [0.3, 0.4) is 0 Å². The molecular weight excluding hydrogens is 1610 g/mol. The molecule has 2 heterocycles. The van der Waals surface area contributed by atoms with Gasteiger partial charge in [0.2, 0.25) is 0 Å². The summed E-state index contributed by atoms with van der Waals surface area (Å²) in [6.07, 6.45) is 10.8. The minimum absolute atomic E-state index is 0.0625. The molecule has 604 valence electrons. The van der Waals surface area contributed by atoms with E-state index >= 15 is 0 Å². The molecule has 0 bridgehead atoms. The van der Waals surface area contributed by atoms with E-state index in [4.69, 9.17) is 70.3 Å². The second kappa shape index (κ2) is 40.9. The zero-order valence-corrected chi connectivity index (χ0v) is 75.7. The van der Waals surface area contributed by atoms with E-state index in [1.165, 1.54) is 38.9 Å². The van der Waals surface area contributed by atoms with Crippen LogP contribution in [0.1, 0.15) is 203 Å². The second-order valence-electron chi connectivity index (χ2n) is 34.0. The van der Waals surface area contributed by atoms with Gasteiger partial charge in [-0.25, -0.2) is 9.97 Å². The van der Waals surface area contributed by atoms with Crippen LogP contribution < -0.4 is 0 Å². The molecule has 2 aliphatic rings. The van der Waals surface area contributed by atoms with Crippen molar-refractivity contribution in [3.63, 3.8) is 0 Å². The SMILES string of the molecule is CC(=NC1=C(c2ccc(C(C)(C)C)cc2)C=CCC1c1ccc(C(C)(C)C)cc1)c1cccc(C(C)=Nc2c(-c3ccc(C(C)(C)C)cc3)cccc2-c2ccc(C(C)(C)C)cc2)n1.CC(=NC1=C(c2ccccc2)C=CCC1c1ccccc1)c1cccc(C(C)=Nc2c(-c3ccccc3)cccc2-c2ccccc2)n1.[Cl][Fe][Cl].[Cl][Fe][Cl]. The summed E-state index contributed by atoms with van der Waals surface area (Å²) in [6.45, 7) is 35.4. The Bertz CT molecular complexity index is 5510. The van der Waals surface area contributed by atoms with E-state index in [9.17, 15) is 0 Å². The van der Waals surface area contributed by atoms with Crippen LogP contribution in [0, 0.1) is 0 Å². The molecule has 14 rings (SSSR count). The number of aliphatic imine (C=N–C) groups is 4. The summed E-state index contributed by atoms with van der Waals surface area (Å²) >= 11 is 0.389. The summed E-state index contributed by atoms with van der Waals surface area (Å²) in [4.78, 5) is 32.1. The van der Waals surface area contributed by atoms with Crippen molar-refractivity contribution in [1.29, 1.82) is 0 Å². The Kier molecular flexibility index (Phi) is 30.9. The fourth-order valence-corrected chi connectivity index (χ4v) is 14.8. The van der Waals surface area contributed by atoms with Crippen molar-refractivity contribution < 1.29 is 26.3 Å². The van der Waals surface area contributed by atoms with E-state index in [0.717, 1.165) is 142 Å². The van der Waals surface area contributed by atoms with Gasteiger partial charge in [-0.2, -0.15) is 0 Å². The Morgan fingerprint density at radius 2 is 0.517 bits per heavy atom. The van der Waals surface area contributed by atoms with E-state index in [0.29, 0.717) is 0 Å². The van der Waals surface area contributed by atoms with Gasteiger partial charge in [-0.1, -0.05) is 374 Å². The Balaban J connectivity index is 0.000000224. The van der Waals surface area contributed by atoms with E-state index in [1.807, 2.05) is 31.2 Å². The number of benzene rings is 10. The molecular formula is C106H106Cl4Fe2N6. The first-order valence-electron chi connectivity index (χ1n) is 40.2. The molecule has 0 fully saturated rings. The summed E-state index contributed by atoms with van der Waals surface area (Å²) in [5, 5.41) is 0. The van der Waals surface area contributed by atoms with Crippen molar-refractivity contribution in [1.82, 2.24) is 9.97 Å². The quantitative estimate of drug-likeness (QED) is 0.0714. The van der Waals surface area contributed by atoms with E-state index in [1.54, 1.807) is 0 Å². The van der Waals surface area contributed by atoms with E-state index in [2.05, 4.69) is 395 Å². The average Bonchev–Trinajstić information content (AvgIpc) is 0.779. The summed E-state index contributed by atoms with van der Waals surface area (Å²) in [7, 11) is 19.1. The van der Waals surface area contributed by atoms with Gasteiger partial charge >= 0.3 is 66.7 Å². The molecule has 0 aliphatic heterocycles. The predicted octanol–water partition coefficient (Wildman–Crippen LogP) is 31.0. The molecule has 2 unspecified atom stereocenters. The third-order valence-electron chi connectivity index (χ3n) is 21.5. The summed E-state index contributed by atoms with van der Waals surface area (Å²) in [5.41, 5.74) is 32.3. The molecule has 6 nitrogen and oxygen atoms in total. The number of para-hydroxylation sites is 2. The van der Waals surface area contributed by atoms with Crippen molar-refractivity contribution in [3.05, 3.63) is 394 Å². The van der Waals surface area contributed by atoms with Gasteiger partial charge in [-0.05, 0) is 153 Å². The van der Waals surface area contributed by atoms with Crippen LogP contribution >= 0.6 is 40.4 Å². The Labute approximate surface area is 731 Å². The van der Waals surface area contributed by atoms with Gasteiger partial charge in [0, 0.05) is 45.2 Å². The van der Waals surface area contributed by atoms with Gasteiger partial charge in [-0.3, -0.25) is 20.0 Å².